The van der Waals surface area contributed by atoms with E-state index in [9.17, 15) is 9.59 Å². The summed E-state index contributed by atoms with van der Waals surface area (Å²) >= 11 is 0. The van der Waals surface area contributed by atoms with Crippen LogP contribution in [0.15, 0.2) is 0 Å². The second-order valence-electron chi connectivity index (χ2n) is 1.84. The van der Waals surface area contributed by atoms with Crippen LogP contribution < -0.4 is 10.8 Å². The van der Waals surface area contributed by atoms with E-state index in [4.69, 9.17) is 0 Å². The van der Waals surface area contributed by atoms with Crippen LogP contribution in [0.3, 0.4) is 0 Å². The highest BCUT2D eigenvalue weighted by molar-refractivity contribution is 5.77. The van der Waals surface area contributed by atoms with E-state index in [1.807, 2.05) is 0 Å². The van der Waals surface area contributed by atoms with Gasteiger partial charge in [-0.1, -0.05) is 6.92 Å². The van der Waals surface area contributed by atoms with Crippen LogP contribution in [0.5, 0.6) is 0 Å². The number of likely N-dealkylation sites (N-methyl/N-ethyl adjacent to an activating group) is 1. The number of rotatable bonds is 4. The number of carbonyl (C=O) groups is 2. The standard InChI is InChI=1S/C6H12N2O3/c1-3-5(9)8-11-4-6(10)7-2/h3-4H2,1-2H3,(H,7,10)(H,8,9). The first-order valence-corrected chi connectivity index (χ1v) is 3.32. The van der Waals surface area contributed by atoms with Gasteiger partial charge in [-0.05, 0) is 0 Å². The van der Waals surface area contributed by atoms with E-state index in [1.54, 1.807) is 6.92 Å². The van der Waals surface area contributed by atoms with E-state index in [0.717, 1.165) is 0 Å². The van der Waals surface area contributed by atoms with Crippen LogP contribution in [0.4, 0.5) is 0 Å². The topological polar surface area (TPSA) is 67.4 Å². The molecule has 0 bridgehead atoms. The maximum Gasteiger partial charge on any atom is 0.248 e. The van der Waals surface area contributed by atoms with E-state index in [0.29, 0.717) is 6.42 Å². The molecule has 0 aliphatic rings. The van der Waals surface area contributed by atoms with E-state index in [-0.39, 0.29) is 18.4 Å². The molecule has 0 spiro atoms. The molecule has 0 aromatic carbocycles. The minimum absolute atomic E-state index is 0.151. The molecule has 0 radical (unpaired) electrons. The highest BCUT2D eigenvalue weighted by Gasteiger charge is 1.99. The molecule has 0 unspecified atom stereocenters. The van der Waals surface area contributed by atoms with Crippen LogP contribution in [-0.4, -0.2) is 25.5 Å². The highest BCUT2D eigenvalue weighted by atomic mass is 16.7. The van der Waals surface area contributed by atoms with Crippen LogP contribution in [0.2, 0.25) is 0 Å². The van der Waals surface area contributed by atoms with Gasteiger partial charge in [-0.3, -0.25) is 14.4 Å². The number of amides is 2. The molecule has 2 amide bonds. The Hall–Kier alpha value is -1.10. The van der Waals surface area contributed by atoms with Gasteiger partial charge in [-0.25, -0.2) is 5.48 Å². The van der Waals surface area contributed by atoms with Crippen molar-refractivity contribution in [1.82, 2.24) is 10.8 Å². The zero-order valence-corrected chi connectivity index (χ0v) is 6.64. The molecule has 0 atom stereocenters. The van der Waals surface area contributed by atoms with Gasteiger partial charge in [-0.15, -0.1) is 0 Å². The summed E-state index contributed by atoms with van der Waals surface area (Å²) in [5, 5.41) is 2.34. The van der Waals surface area contributed by atoms with E-state index < -0.39 is 0 Å². The van der Waals surface area contributed by atoms with Gasteiger partial charge in [0, 0.05) is 13.5 Å². The minimum atomic E-state index is -0.276. The van der Waals surface area contributed by atoms with Crippen LogP contribution in [0, 0.1) is 0 Å². The van der Waals surface area contributed by atoms with Gasteiger partial charge in [0.2, 0.25) is 11.8 Å². The molecule has 5 heteroatoms. The van der Waals surface area contributed by atoms with Crippen LogP contribution in [-0.2, 0) is 14.4 Å². The molecule has 0 rings (SSSR count). The lowest BCUT2D eigenvalue weighted by Gasteiger charge is -2.02. The highest BCUT2D eigenvalue weighted by Crippen LogP contribution is 1.75. The number of carbonyl (C=O) groups excluding carboxylic acids is 2. The van der Waals surface area contributed by atoms with Crippen molar-refractivity contribution in [3.05, 3.63) is 0 Å². The van der Waals surface area contributed by atoms with Gasteiger partial charge in [0.1, 0.15) is 0 Å². The van der Waals surface area contributed by atoms with Crippen LogP contribution >= 0.6 is 0 Å². The summed E-state index contributed by atoms with van der Waals surface area (Å²) < 4.78 is 0. The van der Waals surface area contributed by atoms with Gasteiger partial charge < -0.3 is 5.32 Å². The monoisotopic (exact) mass is 160 g/mol. The largest absolute Gasteiger partial charge is 0.357 e. The van der Waals surface area contributed by atoms with Crippen molar-refractivity contribution < 1.29 is 14.4 Å². The third-order valence-corrected chi connectivity index (χ3v) is 0.989. The summed E-state index contributed by atoms with van der Waals surface area (Å²) in [5.41, 5.74) is 2.10. The summed E-state index contributed by atoms with van der Waals surface area (Å²) in [4.78, 5) is 25.5. The second-order valence-corrected chi connectivity index (χ2v) is 1.84. The molecule has 0 saturated carbocycles. The Morgan fingerprint density at radius 3 is 2.45 bits per heavy atom. The fourth-order valence-electron chi connectivity index (χ4n) is 0.326. The van der Waals surface area contributed by atoms with Gasteiger partial charge in [-0.2, -0.15) is 0 Å². The predicted octanol–water partition coefficient (Wildman–Crippen LogP) is -0.810. The molecule has 64 valence electrons. The maximum atomic E-state index is 10.5. The molecule has 11 heavy (non-hydrogen) atoms. The fraction of sp³-hybridized carbons (Fsp3) is 0.667. The fourth-order valence-corrected chi connectivity index (χ4v) is 0.326. The molecule has 5 nitrogen and oxygen atoms in total. The molecule has 0 aromatic rings. The number of hydrogen-bond acceptors (Lipinski definition) is 3. The van der Waals surface area contributed by atoms with Crippen molar-refractivity contribution in [2.45, 2.75) is 13.3 Å². The summed E-state index contributed by atoms with van der Waals surface area (Å²) in [5.74, 6) is -0.518. The van der Waals surface area contributed by atoms with Crippen molar-refractivity contribution in [2.24, 2.45) is 0 Å². The van der Waals surface area contributed by atoms with Crippen molar-refractivity contribution in [2.75, 3.05) is 13.7 Å². The lowest BCUT2D eigenvalue weighted by atomic mass is 10.5. The maximum absolute atomic E-state index is 10.5. The number of hydroxylamine groups is 1. The second kappa shape index (κ2) is 5.67. The van der Waals surface area contributed by atoms with Crippen molar-refractivity contribution in [3.8, 4) is 0 Å². The molecule has 0 heterocycles. The third kappa shape index (κ3) is 5.35. The molecule has 2 N–H and O–H groups in total. The Kier molecular flexibility index (Phi) is 5.10. The van der Waals surface area contributed by atoms with Crippen LogP contribution in [0.25, 0.3) is 0 Å². The first kappa shape index (κ1) is 9.90. The minimum Gasteiger partial charge on any atom is -0.357 e. The van der Waals surface area contributed by atoms with E-state index >= 15 is 0 Å². The Balaban J connectivity index is 3.27. The lowest BCUT2D eigenvalue weighted by Crippen LogP contribution is -2.30. The zero-order chi connectivity index (χ0) is 8.69. The molecular formula is C6H12N2O3. The molecule has 0 aliphatic heterocycles. The normalized spacial score (nSPS) is 8.91. The Morgan fingerprint density at radius 1 is 1.36 bits per heavy atom. The molecule has 0 fully saturated rings. The van der Waals surface area contributed by atoms with E-state index in [2.05, 4.69) is 15.6 Å². The number of nitrogens with one attached hydrogen (secondary N) is 2. The van der Waals surface area contributed by atoms with Gasteiger partial charge in [0.05, 0.1) is 0 Å². The van der Waals surface area contributed by atoms with E-state index in [1.165, 1.54) is 7.05 Å². The molecule has 0 aromatic heterocycles. The molecule has 0 saturated heterocycles. The lowest BCUT2D eigenvalue weighted by molar-refractivity contribution is -0.138. The Morgan fingerprint density at radius 2 is 2.00 bits per heavy atom. The smallest absolute Gasteiger partial charge is 0.248 e. The molecular weight excluding hydrogens is 148 g/mol. The number of hydrogen-bond donors (Lipinski definition) is 2. The van der Waals surface area contributed by atoms with Crippen molar-refractivity contribution in [3.63, 3.8) is 0 Å². The quantitative estimate of drug-likeness (QED) is 0.528. The first-order valence-electron chi connectivity index (χ1n) is 3.32. The summed E-state index contributed by atoms with van der Waals surface area (Å²) in [6, 6.07) is 0. The zero-order valence-electron chi connectivity index (χ0n) is 6.64. The first-order chi connectivity index (χ1) is 5.20. The van der Waals surface area contributed by atoms with Crippen molar-refractivity contribution >= 4 is 11.8 Å². The summed E-state index contributed by atoms with van der Waals surface area (Å²) in [7, 11) is 1.49. The van der Waals surface area contributed by atoms with Gasteiger partial charge >= 0.3 is 0 Å². The summed E-state index contributed by atoms with van der Waals surface area (Å²) in [6.07, 6.45) is 0.341. The predicted molar refractivity (Wildman–Crippen MR) is 38.5 cm³/mol. The SMILES string of the molecule is CCC(=O)NOCC(=O)NC. The third-order valence-electron chi connectivity index (χ3n) is 0.989. The van der Waals surface area contributed by atoms with Crippen LogP contribution in [0.1, 0.15) is 13.3 Å². The Labute approximate surface area is 65.1 Å². The Bertz CT molecular complexity index is 131. The van der Waals surface area contributed by atoms with Crippen molar-refractivity contribution in [1.29, 1.82) is 0 Å². The average molecular weight is 160 g/mol. The summed E-state index contributed by atoms with van der Waals surface area (Å²) in [6.45, 7) is 1.54. The van der Waals surface area contributed by atoms with Gasteiger partial charge in [0.25, 0.3) is 0 Å². The molecule has 0 aliphatic carbocycles. The van der Waals surface area contributed by atoms with Gasteiger partial charge in [0.15, 0.2) is 6.61 Å². The average Bonchev–Trinajstić information content (AvgIpc) is 2.04.